The minimum absolute atomic E-state index is 0.0964. The normalized spacial score (nSPS) is 11.1. The Labute approximate surface area is 175 Å². The van der Waals surface area contributed by atoms with Gasteiger partial charge in [0.25, 0.3) is 5.56 Å². The van der Waals surface area contributed by atoms with Gasteiger partial charge in [-0.05, 0) is 55.8 Å². The number of amides is 1. The van der Waals surface area contributed by atoms with Gasteiger partial charge in [-0.15, -0.1) is 11.3 Å². The summed E-state index contributed by atoms with van der Waals surface area (Å²) in [6.45, 7) is 3.99. The molecule has 0 atom stereocenters. The number of halogens is 1. The highest BCUT2D eigenvalue weighted by atomic mass is 35.5. The van der Waals surface area contributed by atoms with Crippen molar-refractivity contribution >= 4 is 39.1 Å². The largest absolute Gasteiger partial charge is 0.459 e. The maximum Gasteiger partial charge on any atom is 0.262 e. The Morgan fingerprint density at radius 3 is 2.72 bits per heavy atom. The van der Waals surface area contributed by atoms with Crippen molar-refractivity contribution in [1.29, 1.82) is 0 Å². The van der Waals surface area contributed by atoms with Gasteiger partial charge in [-0.25, -0.2) is 4.98 Å². The molecular weight excluding hydrogens is 410 g/mol. The first-order valence-corrected chi connectivity index (χ1v) is 10.2. The molecule has 0 aliphatic carbocycles. The highest BCUT2D eigenvalue weighted by Gasteiger charge is 2.14. The van der Waals surface area contributed by atoms with Crippen LogP contribution >= 0.6 is 22.9 Å². The minimum atomic E-state index is -0.290. The zero-order valence-electron chi connectivity index (χ0n) is 15.9. The van der Waals surface area contributed by atoms with E-state index in [-0.39, 0.29) is 24.6 Å². The molecular formula is C21H18ClN3O3S. The first-order valence-electron chi connectivity index (χ1n) is 8.99. The monoisotopic (exact) mass is 427 g/mol. The molecule has 3 heterocycles. The van der Waals surface area contributed by atoms with Gasteiger partial charge in [0, 0.05) is 15.5 Å². The number of benzene rings is 1. The molecule has 0 bridgehead atoms. The molecule has 0 saturated carbocycles. The second-order valence-corrected chi connectivity index (χ2v) is 8.33. The van der Waals surface area contributed by atoms with Gasteiger partial charge < -0.3 is 9.73 Å². The van der Waals surface area contributed by atoms with Crippen molar-refractivity contribution in [2.24, 2.45) is 0 Å². The molecule has 1 N–H and O–H groups in total. The molecule has 0 spiro atoms. The number of carbonyl (C=O) groups excluding carboxylic acids is 1. The van der Waals surface area contributed by atoms with Crippen LogP contribution in [0.5, 0.6) is 0 Å². The highest BCUT2D eigenvalue weighted by Crippen LogP contribution is 2.25. The summed E-state index contributed by atoms with van der Waals surface area (Å²) in [5, 5.41) is 4.02. The van der Waals surface area contributed by atoms with Crippen molar-refractivity contribution in [2.45, 2.75) is 26.9 Å². The van der Waals surface area contributed by atoms with E-state index in [1.165, 1.54) is 22.2 Å². The third-order valence-corrected chi connectivity index (χ3v) is 6.09. The van der Waals surface area contributed by atoms with Crippen LogP contribution in [0.1, 0.15) is 16.2 Å². The molecule has 0 aliphatic heterocycles. The van der Waals surface area contributed by atoms with Crippen LogP contribution in [-0.2, 0) is 17.9 Å². The molecule has 0 fully saturated rings. The zero-order chi connectivity index (χ0) is 20.5. The molecule has 3 aromatic heterocycles. The fraction of sp³-hybridized carbons (Fsp3) is 0.190. The zero-order valence-corrected chi connectivity index (χ0v) is 17.4. The predicted molar refractivity (Wildman–Crippen MR) is 114 cm³/mol. The number of aromatic nitrogens is 2. The van der Waals surface area contributed by atoms with Crippen molar-refractivity contribution < 1.29 is 9.21 Å². The van der Waals surface area contributed by atoms with E-state index in [9.17, 15) is 9.59 Å². The third-order valence-electron chi connectivity index (χ3n) is 4.72. The van der Waals surface area contributed by atoms with Gasteiger partial charge in [-0.2, -0.15) is 0 Å². The maximum atomic E-state index is 12.7. The van der Waals surface area contributed by atoms with E-state index in [4.69, 9.17) is 16.0 Å². The summed E-state index contributed by atoms with van der Waals surface area (Å²) in [6.07, 6.45) is 1.42. The van der Waals surface area contributed by atoms with E-state index in [1.54, 1.807) is 12.1 Å². The van der Waals surface area contributed by atoms with E-state index in [0.29, 0.717) is 26.8 Å². The summed E-state index contributed by atoms with van der Waals surface area (Å²) < 4.78 is 7.10. The number of rotatable bonds is 5. The van der Waals surface area contributed by atoms with Gasteiger partial charge in [-0.3, -0.25) is 14.2 Å². The van der Waals surface area contributed by atoms with Crippen molar-refractivity contribution in [1.82, 2.24) is 14.9 Å². The Balaban J connectivity index is 1.43. The Morgan fingerprint density at radius 1 is 1.21 bits per heavy atom. The van der Waals surface area contributed by atoms with Gasteiger partial charge in [-0.1, -0.05) is 11.6 Å². The van der Waals surface area contributed by atoms with Gasteiger partial charge in [0.1, 0.15) is 22.9 Å². The number of fused-ring (bicyclic) bond motifs is 1. The number of hydrogen-bond acceptors (Lipinski definition) is 5. The molecule has 0 aliphatic rings. The van der Waals surface area contributed by atoms with Crippen LogP contribution in [0.15, 0.2) is 51.9 Å². The fourth-order valence-corrected chi connectivity index (χ4v) is 4.13. The molecule has 0 radical (unpaired) electrons. The summed E-state index contributed by atoms with van der Waals surface area (Å²) >= 11 is 7.39. The number of nitrogens with zero attached hydrogens (tertiary/aromatic N) is 2. The molecule has 1 aromatic carbocycles. The number of thiophene rings is 1. The number of hydrogen-bond donors (Lipinski definition) is 1. The van der Waals surface area contributed by atoms with Gasteiger partial charge in [0.15, 0.2) is 0 Å². The average molecular weight is 428 g/mol. The second-order valence-electron chi connectivity index (χ2n) is 6.69. The topological polar surface area (TPSA) is 77.1 Å². The highest BCUT2D eigenvalue weighted by molar-refractivity contribution is 7.18. The van der Waals surface area contributed by atoms with Crippen LogP contribution in [0.4, 0.5) is 0 Å². The van der Waals surface area contributed by atoms with Gasteiger partial charge in [0.05, 0.1) is 18.3 Å². The lowest BCUT2D eigenvalue weighted by Crippen LogP contribution is -2.32. The molecule has 1 amide bonds. The number of furan rings is 1. The number of carbonyl (C=O) groups is 1. The summed E-state index contributed by atoms with van der Waals surface area (Å²) in [6, 6.07) is 11.0. The molecule has 6 nitrogen and oxygen atoms in total. The average Bonchev–Trinajstić information content (AvgIpc) is 3.28. The molecule has 29 heavy (non-hydrogen) atoms. The van der Waals surface area contributed by atoms with Crippen molar-refractivity contribution in [3.05, 3.63) is 74.3 Å². The fourth-order valence-electron chi connectivity index (χ4n) is 3.02. The smallest absolute Gasteiger partial charge is 0.262 e. The van der Waals surface area contributed by atoms with Crippen LogP contribution in [0, 0.1) is 13.8 Å². The van der Waals surface area contributed by atoms with Gasteiger partial charge >= 0.3 is 0 Å². The van der Waals surface area contributed by atoms with Gasteiger partial charge in [0.2, 0.25) is 5.91 Å². The molecule has 4 aromatic rings. The van der Waals surface area contributed by atoms with Crippen molar-refractivity contribution in [3.63, 3.8) is 0 Å². The Bertz CT molecular complexity index is 1250. The summed E-state index contributed by atoms with van der Waals surface area (Å²) in [7, 11) is 0. The maximum absolute atomic E-state index is 12.7. The van der Waals surface area contributed by atoms with Crippen molar-refractivity contribution in [3.8, 4) is 11.3 Å². The predicted octanol–water partition coefficient (Wildman–Crippen LogP) is 4.30. The third kappa shape index (κ3) is 3.97. The van der Waals surface area contributed by atoms with E-state index in [0.717, 1.165) is 16.0 Å². The Hall–Kier alpha value is -2.90. The van der Waals surface area contributed by atoms with E-state index in [1.807, 2.05) is 38.1 Å². The minimum Gasteiger partial charge on any atom is -0.459 e. The molecule has 148 valence electrons. The molecule has 8 heteroatoms. The van der Waals surface area contributed by atoms with Crippen LogP contribution in [0.2, 0.25) is 5.02 Å². The first-order chi connectivity index (χ1) is 13.9. The Kier molecular flexibility index (Phi) is 5.25. The SMILES string of the molecule is Cc1sc2ncn(CC(=O)NCc3ccc(-c4ccc(Cl)cc4)o3)c(=O)c2c1C. The first kappa shape index (κ1) is 19.4. The summed E-state index contributed by atoms with van der Waals surface area (Å²) in [5.74, 6) is 1.02. The number of nitrogens with one attached hydrogen (secondary N) is 1. The molecule has 0 saturated heterocycles. The summed E-state index contributed by atoms with van der Waals surface area (Å²) in [4.78, 5) is 31.1. The lowest BCUT2D eigenvalue weighted by Gasteiger charge is -2.06. The van der Waals surface area contributed by atoms with E-state index < -0.39 is 0 Å². The van der Waals surface area contributed by atoms with E-state index in [2.05, 4.69) is 10.3 Å². The standard InChI is InChI=1S/C21H18ClN3O3S/c1-12-13(2)29-20-19(12)21(27)25(11-24-20)10-18(26)23-9-16-7-8-17(28-16)14-3-5-15(22)6-4-14/h3-8,11H,9-10H2,1-2H3,(H,23,26). The quantitative estimate of drug-likeness (QED) is 0.515. The van der Waals surface area contributed by atoms with Crippen LogP contribution in [0.3, 0.4) is 0 Å². The van der Waals surface area contributed by atoms with Crippen LogP contribution in [0.25, 0.3) is 21.5 Å². The molecule has 4 rings (SSSR count). The lowest BCUT2D eigenvalue weighted by molar-refractivity contribution is -0.121. The van der Waals surface area contributed by atoms with Crippen molar-refractivity contribution in [2.75, 3.05) is 0 Å². The number of aryl methyl sites for hydroxylation is 2. The van der Waals surface area contributed by atoms with Crippen LogP contribution in [-0.4, -0.2) is 15.5 Å². The van der Waals surface area contributed by atoms with E-state index >= 15 is 0 Å². The Morgan fingerprint density at radius 2 is 1.97 bits per heavy atom. The van der Waals surface area contributed by atoms with Crippen LogP contribution < -0.4 is 10.9 Å². The summed E-state index contributed by atoms with van der Waals surface area (Å²) in [5.41, 5.74) is 1.62. The second kappa shape index (κ2) is 7.85. The molecule has 0 unspecified atom stereocenters. The lowest BCUT2D eigenvalue weighted by atomic mass is 10.2.